The number of carbonyl (C=O) groups excluding carboxylic acids is 1. The summed E-state index contributed by atoms with van der Waals surface area (Å²) in [7, 11) is 0. The summed E-state index contributed by atoms with van der Waals surface area (Å²) in [4.78, 5) is 11.7. The van der Waals surface area contributed by atoms with Crippen LogP contribution in [0.2, 0.25) is 0 Å². The number of hydrogen-bond donors (Lipinski definition) is 2. The first-order valence-electron chi connectivity index (χ1n) is 6.09. The fourth-order valence-corrected chi connectivity index (χ4v) is 1.48. The van der Waals surface area contributed by atoms with E-state index in [2.05, 4.69) is 5.32 Å². The molecule has 2 N–H and O–H groups in total. The van der Waals surface area contributed by atoms with Crippen molar-refractivity contribution in [3.8, 4) is 0 Å². The normalized spacial score (nSPS) is 11.4. The van der Waals surface area contributed by atoms with E-state index in [0.717, 1.165) is 12.1 Å². The summed E-state index contributed by atoms with van der Waals surface area (Å²) < 4.78 is 42.4. The fourth-order valence-electron chi connectivity index (χ4n) is 1.48. The van der Waals surface area contributed by atoms with E-state index in [1.165, 1.54) is 12.1 Å². The van der Waals surface area contributed by atoms with E-state index in [4.69, 9.17) is 9.84 Å². The number of carbonyl (C=O) groups is 1. The molecule has 0 aromatic heterocycles. The molecule has 0 aliphatic carbocycles. The molecule has 1 rings (SSSR count). The highest BCUT2D eigenvalue weighted by Crippen LogP contribution is 2.29. The average Bonchev–Trinajstić information content (AvgIpc) is 2.41. The second-order valence-corrected chi connectivity index (χ2v) is 4.02. The van der Waals surface area contributed by atoms with Crippen LogP contribution in [0.4, 0.5) is 13.2 Å². The number of aliphatic hydroxyl groups is 1. The minimum absolute atomic E-state index is 0.0314. The highest BCUT2D eigenvalue weighted by atomic mass is 19.4. The molecule has 0 fully saturated rings. The third kappa shape index (κ3) is 5.58. The van der Waals surface area contributed by atoms with E-state index < -0.39 is 17.6 Å². The van der Waals surface area contributed by atoms with Gasteiger partial charge < -0.3 is 15.2 Å². The van der Waals surface area contributed by atoms with Crippen molar-refractivity contribution in [2.45, 2.75) is 12.6 Å². The Hall–Kier alpha value is -1.60. The summed E-state index contributed by atoms with van der Waals surface area (Å²) in [6.07, 6.45) is -3.95. The van der Waals surface area contributed by atoms with Crippen LogP contribution in [0, 0.1) is 0 Å². The van der Waals surface area contributed by atoms with Crippen LogP contribution in [-0.2, 0) is 10.9 Å². The molecule has 1 aromatic carbocycles. The lowest BCUT2D eigenvalue weighted by Gasteiger charge is -2.09. The summed E-state index contributed by atoms with van der Waals surface area (Å²) in [6.45, 7) is 0.808. The van der Waals surface area contributed by atoms with Crippen molar-refractivity contribution in [3.05, 3.63) is 35.4 Å². The zero-order valence-corrected chi connectivity index (χ0v) is 10.7. The average molecular weight is 291 g/mol. The number of halogens is 3. The lowest BCUT2D eigenvalue weighted by Crippen LogP contribution is -2.25. The zero-order chi connectivity index (χ0) is 15.0. The predicted molar refractivity (Wildman–Crippen MR) is 66.3 cm³/mol. The molecule has 4 nitrogen and oxygen atoms in total. The zero-order valence-electron chi connectivity index (χ0n) is 10.7. The van der Waals surface area contributed by atoms with Gasteiger partial charge in [0.2, 0.25) is 0 Å². The van der Waals surface area contributed by atoms with Crippen LogP contribution < -0.4 is 5.32 Å². The monoisotopic (exact) mass is 291 g/mol. The molecule has 20 heavy (non-hydrogen) atoms. The smallest absolute Gasteiger partial charge is 0.394 e. The van der Waals surface area contributed by atoms with Gasteiger partial charge in [-0.3, -0.25) is 4.79 Å². The SMILES string of the molecule is O=C(NCCCOCCO)c1cccc(C(F)(F)F)c1. The van der Waals surface area contributed by atoms with E-state index in [1.54, 1.807) is 0 Å². The first-order chi connectivity index (χ1) is 9.45. The summed E-state index contributed by atoms with van der Waals surface area (Å²) >= 11 is 0. The second-order valence-electron chi connectivity index (χ2n) is 4.02. The van der Waals surface area contributed by atoms with Crippen molar-refractivity contribution in [2.75, 3.05) is 26.4 Å². The second kappa shape index (κ2) is 7.86. The van der Waals surface area contributed by atoms with Gasteiger partial charge in [0.1, 0.15) is 0 Å². The highest BCUT2D eigenvalue weighted by molar-refractivity contribution is 5.94. The van der Waals surface area contributed by atoms with E-state index in [0.29, 0.717) is 19.6 Å². The maximum atomic E-state index is 12.5. The number of benzene rings is 1. The van der Waals surface area contributed by atoms with Crippen LogP contribution in [0.5, 0.6) is 0 Å². The molecule has 0 spiro atoms. The number of rotatable bonds is 7. The van der Waals surface area contributed by atoms with Gasteiger partial charge >= 0.3 is 6.18 Å². The maximum Gasteiger partial charge on any atom is 0.416 e. The van der Waals surface area contributed by atoms with Gasteiger partial charge in [0, 0.05) is 18.7 Å². The number of aliphatic hydroxyl groups excluding tert-OH is 1. The molecular formula is C13H16F3NO3. The van der Waals surface area contributed by atoms with Gasteiger partial charge in [-0.1, -0.05) is 6.07 Å². The van der Waals surface area contributed by atoms with Gasteiger partial charge in [0.05, 0.1) is 18.8 Å². The molecule has 112 valence electrons. The molecule has 0 aliphatic heterocycles. The van der Waals surface area contributed by atoms with Crippen LogP contribution >= 0.6 is 0 Å². The van der Waals surface area contributed by atoms with Crippen LogP contribution in [0.25, 0.3) is 0 Å². The quantitative estimate of drug-likeness (QED) is 0.754. The van der Waals surface area contributed by atoms with Gasteiger partial charge in [-0.25, -0.2) is 0 Å². The standard InChI is InChI=1S/C13H16F3NO3/c14-13(15,16)11-4-1-3-10(9-11)12(19)17-5-2-7-20-8-6-18/h1,3-4,9,18H,2,5-8H2,(H,17,19). The summed E-state index contributed by atoms with van der Waals surface area (Å²) in [5.74, 6) is -0.557. The van der Waals surface area contributed by atoms with Crippen molar-refractivity contribution < 1.29 is 27.8 Å². The molecule has 1 aromatic rings. The highest BCUT2D eigenvalue weighted by Gasteiger charge is 2.30. The Bertz CT molecular complexity index is 435. The van der Waals surface area contributed by atoms with Crippen LogP contribution in [-0.4, -0.2) is 37.4 Å². The van der Waals surface area contributed by atoms with Crippen molar-refractivity contribution in [2.24, 2.45) is 0 Å². The van der Waals surface area contributed by atoms with Gasteiger partial charge in [0.15, 0.2) is 0 Å². The van der Waals surface area contributed by atoms with Crippen molar-refractivity contribution in [1.82, 2.24) is 5.32 Å². The van der Waals surface area contributed by atoms with Gasteiger partial charge in [-0.15, -0.1) is 0 Å². The summed E-state index contributed by atoms with van der Waals surface area (Å²) in [6, 6.07) is 4.26. The molecule has 7 heteroatoms. The maximum absolute atomic E-state index is 12.5. The third-order valence-corrected chi connectivity index (χ3v) is 2.44. The van der Waals surface area contributed by atoms with Gasteiger partial charge in [0.25, 0.3) is 5.91 Å². The molecule has 0 bridgehead atoms. The number of ether oxygens (including phenoxy) is 1. The predicted octanol–water partition coefficient (Wildman–Crippen LogP) is 1.83. The fraction of sp³-hybridized carbons (Fsp3) is 0.462. The minimum atomic E-state index is -4.46. The molecule has 0 heterocycles. The Kier molecular flexibility index (Phi) is 6.47. The van der Waals surface area contributed by atoms with E-state index in [-0.39, 0.29) is 18.8 Å². The lowest BCUT2D eigenvalue weighted by molar-refractivity contribution is -0.137. The van der Waals surface area contributed by atoms with Crippen LogP contribution in [0.15, 0.2) is 24.3 Å². The number of nitrogens with one attached hydrogen (secondary N) is 1. The number of amides is 1. The first kappa shape index (κ1) is 16.5. The van der Waals surface area contributed by atoms with Gasteiger partial charge in [-0.2, -0.15) is 13.2 Å². The Morgan fingerprint density at radius 3 is 2.70 bits per heavy atom. The van der Waals surface area contributed by atoms with Crippen LogP contribution in [0.3, 0.4) is 0 Å². The lowest BCUT2D eigenvalue weighted by atomic mass is 10.1. The Morgan fingerprint density at radius 2 is 2.05 bits per heavy atom. The minimum Gasteiger partial charge on any atom is -0.394 e. The molecule has 0 radical (unpaired) electrons. The van der Waals surface area contributed by atoms with Crippen molar-refractivity contribution in [1.29, 1.82) is 0 Å². The van der Waals surface area contributed by atoms with Crippen LogP contribution in [0.1, 0.15) is 22.3 Å². The van der Waals surface area contributed by atoms with E-state index in [9.17, 15) is 18.0 Å². The Labute approximate surface area is 114 Å². The molecule has 0 saturated carbocycles. The first-order valence-corrected chi connectivity index (χ1v) is 6.09. The summed E-state index contributed by atoms with van der Waals surface area (Å²) in [5.41, 5.74) is -0.882. The number of hydrogen-bond acceptors (Lipinski definition) is 3. The number of alkyl halides is 3. The molecule has 0 aliphatic rings. The largest absolute Gasteiger partial charge is 0.416 e. The molecule has 1 amide bonds. The molecule has 0 unspecified atom stereocenters. The third-order valence-electron chi connectivity index (χ3n) is 2.44. The van der Waals surface area contributed by atoms with Crippen molar-refractivity contribution >= 4 is 5.91 Å². The van der Waals surface area contributed by atoms with E-state index >= 15 is 0 Å². The van der Waals surface area contributed by atoms with Gasteiger partial charge in [-0.05, 0) is 24.6 Å². The topological polar surface area (TPSA) is 58.6 Å². The molecular weight excluding hydrogens is 275 g/mol. The molecule has 0 saturated heterocycles. The summed E-state index contributed by atoms with van der Waals surface area (Å²) in [5, 5.41) is 11.0. The Balaban J connectivity index is 2.44. The Morgan fingerprint density at radius 1 is 1.30 bits per heavy atom. The van der Waals surface area contributed by atoms with Crippen molar-refractivity contribution in [3.63, 3.8) is 0 Å². The van der Waals surface area contributed by atoms with E-state index in [1.807, 2.05) is 0 Å². The molecule has 0 atom stereocenters.